The lowest BCUT2D eigenvalue weighted by atomic mass is 9.98. The van der Waals surface area contributed by atoms with Crippen LogP contribution in [-0.2, 0) is 11.3 Å². The van der Waals surface area contributed by atoms with Crippen LogP contribution in [0.4, 0.5) is 0 Å². The Balaban J connectivity index is 1.41. The minimum Gasteiger partial charge on any atom is -0.345 e. The molecule has 4 rings (SSSR count). The van der Waals surface area contributed by atoms with Crippen molar-refractivity contribution in [3.63, 3.8) is 0 Å². The molecule has 2 aromatic carbocycles. The Hall–Kier alpha value is -4.06. The molecule has 6 nitrogen and oxygen atoms in total. The molecule has 0 saturated carbocycles. The van der Waals surface area contributed by atoms with Gasteiger partial charge >= 0.3 is 0 Å². The van der Waals surface area contributed by atoms with Crippen LogP contribution in [0.5, 0.6) is 0 Å². The van der Waals surface area contributed by atoms with Crippen molar-refractivity contribution >= 4 is 5.91 Å². The lowest BCUT2D eigenvalue weighted by Gasteiger charge is -2.20. The van der Waals surface area contributed by atoms with Crippen LogP contribution in [0.25, 0.3) is 11.3 Å². The normalized spacial score (nSPS) is 10.8. The van der Waals surface area contributed by atoms with E-state index in [2.05, 4.69) is 15.4 Å². The molecule has 0 radical (unpaired) electrons. The van der Waals surface area contributed by atoms with E-state index >= 15 is 0 Å². The van der Waals surface area contributed by atoms with Gasteiger partial charge < -0.3 is 5.32 Å². The number of pyridine rings is 1. The lowest BCUT2D eigenvalue weighted by molar-refractivity contribution is -0.121. The maximum absolute atomic E-state index is 12.7. The molecule has 2 aromatic heterocycles. The van der Waals surface area contributed by atoms with Crippen molar-refractivity contribution < 1.29 is 4.79 Å². The highest BCUT2D eigenvalue weighted by atomic mass is 16.1. The minimum atomic E-state index is -0.223. The molecule has 32 heavy (non-hydrogen) atoms. The topological polar surface area (TPSA) is 76.9 Å². The summed E-state index contributed by atoms with van der Waals surface area (Å²) in [6, 6.07) is 26.5. The fourth-order valence-corrected chi connectivity index (χ4v) is 3.55. The third kappa shape index (κ3) is 5.35. The highest BCUT2D eigenvalue weighted by Crippen LogP contribution is 2.22. The zero-order chi connectivity index (χ0) is 22.2. The summed E-state index contributed by atoms with van der Waals surface area (Å²) in [5, 5.41) is 7.56. The van der Waals surface area contributed by atoms with E-state index < -0.39 is 0 Å². The van der Waals surface area contributed by atoms with Crippen LogP contribution in [0.15, 0.2) is 102 Å². The molecule has 1 N–H and O–H groups in total. The average Bonchev–Trinajstić information content (AvgIpc) is 2.85. The number of rotatable bonds is 8. The Labute approximate surface area is 186 Å². The Morgan fingerprint density at radius 2 is 1.56 bits per heavy atom. The number of nitrogens with zero attached hydrogens (tertiary/aromatic N) is 3. The molecule has 0 unspecified atom stereocenters. The molecule has 6 heteroatoms. The Morgan fingerprint density at radius 1 is 0.875 bits per heavy atom. The van der Waals surface area contributed by atoms with Crippen LogP contribution in [0.1, 0.15) is 30.0 Å². The smallest absolute Gasteiger partial charge is 0.266 e. The first kappa shape index (κ1) is 21.2. The van der Waals surface area contributed by atoms with Gasteiger partial charge in [-0.15, -0.1) is 0 Å². The molecule has 0 atom stereocenters. The second-order valence-corrected chi connectivity index (χ2v) is 7.45. The monoisotopic (exact) mass is 424 g/mol. The molecule has 0 bridgehead atoms. The molecule has 1 amide bonds. The van der Waals surface area contributed by atoms with Crippen LogP contribution in [0, 0.1) is 0 Å². The van der Waals surface area contributed by atoms with Gasteiger partial charge in [0, 0.05) is 37.0 Å². The van der Waals surface area contributed by atoms with Crippen LogP contribution in [0.2, 0.25) is 0 Å². The molecule has 2 heterocycles. The van der Waals surface area contributed by atoms with E-state index in [1.54, 1.807) is 18.5 Å². The quantitative estimate of drug-likeness (QED) is 0.464. The van der Waals surface area contributed by atoms with Crippen molar-refractivity contribution in [2.24, 2.45) is 0 Å². The number of aryl methyl sites for hydroxylation is 1. The van der Waals surface area contributed by atoms with Gasteiger partial charge in [-0.25, -0.2) is 4.68 Å². The fourth-order valence-electron chi connectivity index (χ4n) is 3.55. The van der Waals surface area contributed by atoms with E-state index in [9.17, 15) is 9.59 Å². The number of benzene rings is 2. The summed E-state index contributed by atoms with van der Waals surface area (Å²) in [5.74, 6) is -0.0702. The van der Waals surface area contributed by atoms with Crippen LogP contribution >= 0.6 is 0 Å². The van der Waals surface area contributed by atoms with Gasteiger partial charge in [0.05, 0.1) is 11.7 Å². The molecular weight excluding hydrogens is 400 g/mol. The molecule has 0 fully saturated rings. The summed E-state index contributed by atoms with van der Waals surface area (Å²) in [4.78, 5) is 29.0. The number of amides is 1. The van der Waals surface area contributed by atoms with Gasteiger partial charge in [-0.1, -0.05) is 60.7 Å². The Kier molecular flexibility index (Phi) is 6.82. The summed E-state index contributed by atoms with van der Waals surface area (Å²) in [7, 11) is 0. The summed E-state index contributed by atoms with van der Waals surface area (Å²) in [5.41, 5.74) is 3.37. The van der Waals surface area contributed by atoms with E-state index in [0.717, 1.165) is 16.7 Å². The summed E-state index contributed by atoms with van der Waals surface area (Å²) in [6.07, 6.45) is 4.20. The van der Waals surface area contributed by atoms with Gasteiger partial charge in [0.1, 0.15) is 0 Å². The van der Waals surface area contributed by atoms with E-state index in [0.29, 0.717) is 25.1 Å². The zero-order valence-corrected chi connectivity index (χ0v) is 17.6. The van der Waals surface area contributed by atoms with Crippen molar-refractivity contribution in [3.05, 3.63) is 119 Å². The number of carbonyl (C=O) groups is 1. The first-order valence-electron chi connectivity index (χ1n) is 10.6. The van der Waals surface area contributed by atoms with Crippen LogP contribution in [0.3, 0.4) is 0 Å². The van der Waals surface area contributed by atoms with Crippen molar-refractivity contribution in [2.75, 3.05) is 0 Å². The van der Waals surface area contributed by atoms with E-state index in [1.165, 1.54) is 10.7 Å². The van der Waals surface area contributed by atoms with E-state index in [1.807, 2.05) is 72.8 Å². The summed E-state index contributed by atoms with van der Waals surface area (Å²) >= 11 is 0. The minimum absolute atomic E-state index is 0.0702. The van der Waals surface area contributed by atoms with Crippen molar-refractivity contribution in [1.29, 1.82) is 0 Å². The molecule has 0 aliphatic rings. The SMILES string of the molecule is O=C(CCCn1nc(-c2cccnc2)ccc1=O)NC(c1ccccc1)c1ccccc1. The maximum Gasteiger partial charge on any atom is 0.266 e. The molecule has 160 valence electrons. The van der Waals surface area contributed by atoms with Gasteiger partial charge in [0.2, 0.25) is 5.91 Å². The highest BCUT2D eigenvalue weighted by molar-refractivity contribution is 5.77. The maximum atomic E-state index is 12.7. The number of aromatic nitrogens is 3. The molecule has 4 aromatic rings. The van der Waals surface area contributed by atoms with Crippen LogP contribution in [-0.4, -0.2) is 20.7 Å². The predicted molar refractivity (Wildman–Crippen MR) is 124 cm³/mol. The molecule has 0 aliphatic carbocycles. The highest BCUT2D eigenvalue weighted by Gasteiger charge is 2.16. The van der Waals surface area contributed by atoms with E-state index in [4.69, 9.17) is 0 Å². The number of carbonyl (C=O) groups excluding carboxylic acids is 1. The van der Waals surface area contributed by atoms with Crippen LogP contribution < -0.4 is 10.9 Å². The summed E-state index contributed by atoms with van der Waals surface area (Å²) in [6.45, 7) is 0.363. The summed E-state index contributed by atoms with van der Waals surface area (Å²) < 4.78 is 1.40. The van der Waals surface area contributed by atoms with Gasteiger partial charge in [-0.05, 0) is 35.7 Å². The van der Waals surface area contributed by atoms with Crippen molar-refractivity contribution in [3.8, 4) is 11.3 Å². The predicted octanol–water partition coefficient (Wildman–Crippen LogP) is 3.99. The standard InChI is InChI=1S/C26H24N4O2/c31-24(28-26(20-9-3-1-4-10-20)21-11-5-2-6-12-21)14-8-18-30-25(32)16-15-23(29-30)22-13-7-17-27-19-22/h1-7,9-13,15-17,19,26H,8,14,18H2,(H,28,31). The molecule has 0 saturated heterocycles. The first-order valence-corrected chi connectivity index (χ1v) is 10.6. The van der Waals surface area contributed by atoms with Gasteiger partial charge in [0.15, 0.2) is 0 Å². The number of hydrogen-bond donors (Lipinski definition) is 1. The molecular formula is C26H24N4O2. The van der Waals surface area contributed by atoms with Gasteiger partial charge in [-0.2, -0.15) is 5.10 Å². The third-order valence-electron chi connectivity index (χ3n) is 5.17. The molecule has 0 spiro atoms. The number of nitrogens with one attached hydrogen (secondary N) is 1. The second-order valence-electron chi connectivity index (χ2n) is 7.45. The van der Waals surface area contributed by atoms with Crippen molar-refractivity contribution in [2.45, 2.75) is 25.4 Å². The largest absolute Gasteiger partial charge is 0.345 e. The second kappa shape index (κ2) is 10.3. The number of hydrogen-bond acceptors (Lipinski definition) is 4. The molecule has 0 aliphatic heterocycles. The van der Waals surface area contributed by atoms with Gasteiger partial charge in [0.25, 0.3) is 5.56 Å². The average molecular weight is 425 g/mol. The third-order valence-corrected chi connectivity index (χ3v) is 5.17. The van der Waals surface area contributed by atoms with E-state index in [-0.39, 0.29) is 17.5 Å². The van der Waals surface area contributed by atoms with Gasteiger partial charge in [-0.3, -0.25) is 14.6 Å². The fraction of sp³-hybridized carbons (Fsp3) is 0.154. The van der Waals surface area contributed by atoms with Crippen molar-refractivity contribution in [1.82, 2.24) is 20.1 Å². The lowest BCUT2D eigenvalue weighted by Crippen LogP contribution is -2.30. The Bertz CT molecular complexity index is 1170. The Morgan fingerprint density at radius 3 is 2.19 bits per heavy atom. The first-order chi connectivity index (χ1) is 15.7. The zero-order valence-electron chi connectivity index (χ0n) is 17.6.